The number of rotatable bonds is 6. The first-order valence-corrected chi connectivity index (χ1v) is 11.1. The fourth-order valence-corrected chi connectivity index (χ4v) is 5.05. The lowest BCUT2D eigenvalue weighted by Gasteiger charge is -2.26. The smallest absolute Gasteiger partial charge is 0.244 e. The molecule has 0 unspecified atom stereocenters. The molecule has 2 aliphatic rings. The number of ether oxygens (including phenoxy) is 1. The highest BCUT2D eigenvalue weighted by atomic mass is 32.2. The van der Waals surface area contributed by atoms with Crippen LogP contribution in [0.2, 0.25) is 0 Å². The van der Waals surface area contributed by atoms with E-state index in [-0.39, 0.29) is 4.90 Å². The van der Waals surface area contributed by atoms with Gasteiger partial charge >= 0.3 is 0 Å². The first-order valence-electron chi connectivity index (χ1n) is 9.68. The summed E-state index contributed by atoms with van der Waals surface area (Å²) in [6, 6.07) is 14.2. The van der Waals surface area contributed by atoms with Crippen molar-refractivity contribution >= 4 is 15.8 Å². The maximum atomic E-state index is 12.7. The first kappa shape index (κ1) is 19.3. The van der Waals surface area contributed by atoms with Gasteiger partial charge in [0, 0.05) is 45.0 Å². The number of aromatic nitrogens is 1. The molecule has 2 aliphatic heterocycles. The molecule has 8 heteroatoms. The van der Waals surface area contributed by atoms with E-state index in [1.165, 1.54) is 16.1 Å². The predicted octanol–water partition coefficient (Wildman–Crippen LogP) is 1.79. The minimum atomic E-state index is -3.49. The summed E-state index contributed by atoms with van der Waals surface area (Å²) in [5.74, 6) is 0.715. The van der Waals surface area contributed by atoms with Gasteiger partial charge < -0.3 is 10.1 Å². The molecular formula is C20H26N4O3S. The van der Waals surface area contributed by atoms with Crippen molar-refractivity contribution in [2.45, 2.75) is 23.9 Å². The average Bonchev–Trinajstić information content (AvgIpc) is 3.16. The molecule has 0 amide bonds. The Morgan fingerprint density at radius 1 is 1.07 bits per heavy atom. The largest absolute Gasteiger partial charge is 0.379 e. The van der Waals surface area contributed by atoms with Gasteiger partial charge in [-0.25, -0.2) is 13.4 Å². The van der Waals surface area contributed by atoms with Gasteiger partial charge in [-0.1, -0.05) is 30.3 Å². The molecule has 7 nitrogen and oxygen atoms in total. The quantitative estimate of drug-likeness (QED) is 0.794. The number of nitrogens with zero attached hydrogens (tertiary/aromatic N) is 3. The van der Waals surface area contributed by atoms with Crippen LogP contribution in [0.4, 0.5) is 5.82 Å². The second-order valence-electron chi connectivity index (χ2n) is 7.25. The molecule has 0 bridgehead atoms. The number of likely N-dealkylation sites (tertiary alicyclic amines) is 1. The molecule has 2 aromatic rings. The molecule has 1 aromatic carbocycles. The third-order valence-corrected chi connectivity index (χ3v) is 7.10. The molecule has 3 heterocycles. The van der Waals surface area contributed by atoms with Crippen molar-refractivity contribution in [3.63, 3.8) is 0 Å². The molecule has 1 N–H and O–H groups in total. The van der Waals surface area contributed by atoms with Gasteiger partial charge in [0.2, 0.25) is 10.0 Å². The summed E-state index contributed by atoms with van der Waals surface area (Å²) in [4.78, 5) is 7.00. The van der Waals surface area contributed by atoms with E-state index in [1.54, 1.807) is 12.1 Å². The van der Waals surface area contributed by atoms with Crippen molar-refractivity contribution in [2.75, 3.05) is 44.7 Å². The van der Waals surface area contributed by atoms with Crippen molar-refractivity contribution < 1.29 is 13.2 Å². The number of hydrogen-bond donors (Lipinski definition) is 1. The lowest BCUT2D eigenvalue weighted by molar-refractivity contribution is 0.0730. The van der Waals surface area contributed by atoms with Crippen LogP contribution >= 0.6 is 0 Å². The van der Waals surface area contributed by atoms with Gasteiger partial charge in [0.15, 0.2) is 0 Å². The summed E-state index contributed by atoms with van der Waals surface area (Å²) in [6.07, 6.45) is 2.49. The SMILES string of the molecule is O=S(=O)(c1ccc(N[C@H]2CCN(Cc3ccccc3)C2)nc1)N1CCOCC1. The number of morpholine rings is 1. The summed E-state index contributed by atoms with van der Waals surface area (Å²) < 4.78 is 32.0. The highest BCUT2D eigenvalue weighted by Gasteiger charge is 2.27. The summed E-state index contributed by atoms with van der Waals surface area (Å²) >= 11 is 0. The van der Waals surface area contributed by atoms with Crippen LogP contribution in [-0.2, 0) is 21.3 Å². The molecular weight excluding hydrogens is 376 g/mol. The standard InChI is InChI=1S/C20H26N4O3S/c25-28(26,24-10-12-27-13-11-24)19-6-7-20(21-14-19)22-18-8-9-23(16-18)15-17-4-2-1-3-5-17/h1-7,14,18H,8-13,15-16H2,(H,21,22)/t18-/m0/s1. The summed E-state index contributed by atoms with van der Waals surface area (Å²) in [5.41, 5.74) is 1.32. The van der Waals surface area contributed by atoms with Gasteiger partial charge in [-0.3, -0.25) is 4.90 Å². The van der Waals surface area contributed by atoms with E-state index in [9.17, 15) is 8.42 Å². The highest BCUT2D eigenvalue weighted by Crippen LogP contribution is 2.20. The fourth-order valence-electron chi connectivity index (χ4n) is 3.70. The zero-order valence-corrected chi connectivity index (χ0v) is 16.6. The molecule has 0 spiro atoms. The van der Waals surface area contributed by atoms with E-state index < -0.39 is 10.0 Å². The monoisotopic (exact) mass is 402 g/mol. The number of nitrogens with one attached hydrogen (secondary N) is 1. The van der Waals surface area contributed by atoms with Crippen molar-refractivity contribution in [2.24, 2.45) is 0 Å². The average molecular weight is 403 g/mol. The molecule has 2 fully saturated rings. The Balaban J connectivity index is 1.33. The molecule has 0 saturated carbocycles. The maximum Gasteiger partial charge on any atom is 0.244 e. The van der Waals surface area contributed by atoms with Gasteiger partial charge in [0.1, 0.15) is 10.7 Å². The molecule has 150 valence electrons. The number of hydrogen-bond acceptors (Lipinski definition) is 6. The molecule has 2 saturated heterocycles. The molecule has 1 atom stereocenters. The number of sulfonamides is 1. The van der Waals surface area contributed by atoms with Gasteiger partial charge in [-0.05, 0) is 24.1 Å². The summed E-state index contributed by atoms with van der Waals surface area (Å²) in [7, 11) is -3.49. The minimum Gasteiger partial charge on any atom is -0.379 e. The van der Waals surface area contributed by atoms with Crippen LogP contribution in [0.15, 0.2) is 53.6 Å². The molecule has 28 heavy (non-hydrogen) atoms. The Labute approximate surface area is 166 Å². The lowest BCUT2D eigenvalue weighted by Crippen LogP contribution is -2.40. The van der Waals surface area contributed by atoms with E-state index in [4.69, 9.17) is 4.74 Å². The van der Waals surface area contributed by atoms with Crippen LogP contribution < -0.4 is 5.32 Å². The van der Waals surface area contributed by atoms with Crippen LogP contribution in [0.25, 0.3) is 0 Å². The second kappa shape index (κ2) is 8.57. The van der Waals surface area contributed by atoms with Gasteiger partial charge in [0.25, 0.3) is 0 Å². The van der Waals surface area contributed by atoms with Crippen LogP contribution in [0.1, 0.15) is 12.0 Å². The number of benzene rings is 1. The summed E-state index contributed by atoms with van der Waals surface area (Å²) in [5, 5.41) is 3.43. The maximum absolute atomic E-state index is 12.7. The first-order chi connectivity index (χ1) is 13.6. The zero-order chi connectivity index (χ0) is 19.4. The fraction of sp³-hybridized carbons (Fsp3) is 0.450. The number of pyridine rings is 1. The van der Waals surface area contributed by atoms with E-state index in [0.717, 1.165) is 26.1 Å². The van der Waals surface area contributed by atoms with Crippen LogP contribution in [-0.4, -0.2) is 68.0 Å². The Kier molecular flexibility index (Phi) is 5.91. The predicted molar refractivity (Wildman–Crippen MR) is 108 cm³/mol. The van der Waals surface area contributed by atoms with Crippen molar-refractivity contribution in [1.82, 2.24) is 14.2 Å². The van der Waals surface area contributed by atoms with E-state index in [1.807, 2.05) is 6.07 Å². The van der Waals surface area contributed by atoms with Crippen molar-refractivity contribution in [3.8, 4) is 0 Å². The molecule has 1 aromatic heterocycles. The Morgan fingerprint density at radius 3 is 2.57 bits per heavy atom. The molecule has 0 radical (unpaired) electrons. The highest BCUT2D eigenvalue weighted by molar-refractivity contribution is 7.89. The van der Waals surface area contributed by atoms with Crippen LogP contribution in [0, 0.1) is 0 Å². The number of anilines is 1. The van der Waals surface area contributed by atoms with Gasteiger partial charge in [0.05, 0.1) is 13.2 Å². The van der Waals surface area contributed by atoms with E-state index in [2.05, 4.69) is 39.5 Å². The topological polar surface area (TPSA) is 74.8 Å². The van der Waals surface area contributed by atoms with Gasteiger partial charge in [-0.2, -0.15) is 4.31 Å². The van der Waals surface area contributed by atoms with E-state index in [0.29, 0.717) is 38.2 Å². The lowest BCUT2D eigenvalue weighted by atomic mass is 10.2. The van der Waals surface area contributed by atoms with Gasteiger partial charge in [-0.15, -0.1) is 0 Å². The Morgan fingerprint density at radius 2 is 1.86 bits per heavy atom. The third-order valence-electron chi connectivity index (χ3n) is 5.22. The minimum absolute atomic E-state index is 0.233. The summed E-state index contributed by atoms with van der Waals surface area (Å²) in [6.45, 7) is 4.59. The molecule has 4 rings (SSSR count). The second-order valence-corrected chi connectivity index (χ2v) is 9.18. The Hall–Kier alpha value is -2.00. The van der Waals surface area contributed by atoms with Crippen LogP contribution in [0.3, 0.4) is 0 Å². The van der Waals surface area contributed by atoms with E-state index >= 15 is 0 Å². The Bertz CT molecular complexity index is 868. The zero-order valence-electron chi connectivity index (χ0n) is 15.8. The normalized spacial score (nSPS) is 21.6. The van der Waals surface area contributed by atoms with Crippen molar-refractivity contribution in [1.29, 1.82) is 0 Å². The third kappa shape index (κ3) is 4.52. The van der Waals surface area contributed by atoms with Crippen molar-refractivity contribution in [3.05, 3.63) is 54.2 Å². The van der Waals surface area contributed by atoms with Crippen LogP contribution in [0.5, 0.6) is 0 Å². The molecule has 0 aliphatic carbocycles.